The quantitative estimate of drug-likeness (QED) is 0.294. The molecule has 0 radical (unpaired) electrons. The zero-order valence-electron chi connectivity index (χ0n) is 18.1. The van der Waals surface area contributed by atoms with Crippen LogP contribution < -0.4 is 9.62 Å². The molecule has 1 saturated heterocycles. The molecular weight excluding hydrogens is 438 g/mol. The van der Waals surface area contributed by atoms with E-state index in [4.69, 9.17) is 4.74 Å². The van der Waals surface area contributed by atoms with E-state index in [1.54, 1.807) is 18.2 Å². The first-order chi connectivity index (χ1) is 15.1. The molecule has 5 N–H and O–H groups in total. The summed E-state index contributed by atoms with van der Waals surface area (Å²) in [6, 6.07) is 8.84. The van der Waals surface area contributed by atoms with Crippen LogP contribution in [0.2, 0.25) is 0 Å². The maximum Gasteiger partial charge on any atom is 0.250 e. The molecule has 0 aromatic heterocycles. The number of aliphatic hydroxyl groups excluding tert-OH is 4. The monoisotopic (exact) mass is 469 g/mol. The molecule has 0 aliphatic carbocycles. The van der Waals surface area contributed by atoms with E-state index in [0.717, 1.165) is 31.6 Å². The second-order valence-corrected chi connectivity index (χ2v) is 9.32. The first kappa shape index (κ1) is 26.2. The van der Waals surface area contributed by atoms with Gasteiger partial charge in [-0.1, -0.05) is 26.0 Å². The highest BCUT2D eigenvalue weighted by atomic mass is 32.2. The molecular formula is C21H31N3O7S. The number of aliphatic hydroxyl groups is 4. The van der Waals surface area contributed by atoms with Crippen molar-refractivity contribution < 1.29 is 33.6 Å². The maximum absolute atomic E-state index is 12.6. The Kier molecular flexibility index (Phi) is 9.60. The fourth-order valence-electron chi connectivity index (χ4n) is 3.38. The van der Waals surface area contributed by atoms with Gasteiger partial charge in [-0.15, -0.1) is 0 Å². The molecule has 32 heavy (non-hydrogen) atoms. The highest BCUT2D eigenvalue weighted by Gasteiger charge is 2.43. The van der Waals surface area contributed by atoms with Gasteiger partial charge in [-0.2, -0.15) is 5.26 Å². The van der Waals surface area contributed by atoms with Crippen LogP contribution in [0.4, 0.5) is 5.69 Å². The smallest absolute Gasteiger partial charge is 0.250 e. The largest absolute Gasteiger partial charge is 0.388 e. The number of hydrogen-bond donors (Lipinski definition) is 5. The third-order valence-electron chi connectivity index (χ3n) is 5.10. The highest BCUT2D eigenvalue weighted by molar-refractivity contribution is 7.93. The minimum absolute atomic E-state index is 0.520. The van der Waals surface area contributed by atoms with Crippen LogP contribution in [0.5, 0.6) is 0 Å². The van der Waals surface area contributed by atoms with Gasteiger partial charge >= 0.3 is 0 Å². The lowest BCUT2D eigenvalue weighted by atomic mass is 9.99. The number of nitrogens with zero attached hydrogens (tertiary/aromatic N) is 2. The molecule has 1 fully saturated rings. The average Bonchev–Trinajstić information content (AvgIpc) is 2.77. The van der Waals surface area contributed by atoms with Crippen molar-refractivity contribution in [2.45, 2.75) is 57.4 Å². The van der Waals surface area contributed by atoms with Crippen molar-refractivity contribution in [2.24, 2.45) is 0 Å². The van der Waals surface area contributed by atoms with Crippen LogP contribution in [0, 0.1) is 11.3 Å². The predicted molar refractivity (Wildman–Crippen MR) is 119 cm³/mol. The molecule has 0 amide bonds. The second kappa shape index (κ2) is 11.7. The van der Waals surface area contributed by atoms with Crippen molar-refractivity contribution in [3.8, 4) is 6.07 Å². The Labute approximate surface area is 188 Å². The van der Waals surface area contributed by atoms with Crippen LogP contribution in [0.1, 0.15) is 32.3 Å². The zero-order valence-corrected chi connectivity index (χ0v) is 18.9. The van der Waals surface area contributed by atoms with Crippen molar-refractivity contribution in [1.29, 1.82) is 5.26 Å². The molecule has 10 nitrogen and oxygen atoms in total. The van der Waals surface area contributed by atoms with Gasteiger partial charge in [0.15, 0.2) is 11.2 Å². The number of ether oxygens (including phenoxy) is 1. The standard InChI is InChI=1S/C21H31N3O7S/c1-3-9-24(10-4-2)15-7-5-14(6-8-15)11-16(12-22)32(29,30)23-13-17-18(25)19(26)20(27)21(28)31-17/h5-8,11,17-21,23,25-28H,3-4,9-10,13H2,1-2H3/b16-11+/t17?,18-,19+,20-,21-/m1/s1. The highest BCUT2D eigenvalue weighted by Crippen LogP contribution is 2.21. The SMILES string of the molecule is CCCN(CCC)c1ccc(/C=C(\C#N)S(=O)(=O)NCC2O[C@@H](O)[C@H](O)[C@@H](O)[C@@H]2O)cc1. The van der Waals surface area contributed by atoms with E-state index in [2.05, 4.69) is 23.5 Å². The molecule has 0 saturated carbocycles. The molecule has 1 heterocycles. The van der Waals surface area contributed by atoms with E-state index in [1.807, 2.05) is 12.1 Å². The van der Waals surface area contributed by atoms with Gasteiger partial charge in [-0.3, -0.25) is 0 Å². The van der Waals surface area contributed by atoms with E-state index in [0.29, 0.717) is 5.56 Å². The Bertz CT molecular complexity index is 908. The van der Waals surface area contributed by atoms with Gasteiger partial charge in [0, 0.05) is 25.3 Å². The molecule has 2 rings (SSSR count). The summed E-state index contributed by atoms with van der Waals surface area (Å²) in [5.41, 5.74) is 1.53. The third kappa shape index (κ3) is 6.49. The van der Waals surface area contributed by atoms with Crippen molar-refractivity contribution >= 4 is 21.8 Å². The van der Waals surface area contributed by atoms with Gasteiger partial charge in [-0.05, 0) is 36.6 Å². The summed E-state index contributed by atoms with van der Waals surface area (Å²) >= 11 is 0. The van der Waals surface area contributed by atoms with E-state index in [-0.39, 0.29) is 0 Å². The molecule has 0 spiro atoms. The van der Waals surface area contributed by atoms with Crippen LogP contribution in [-0.2, 0) is 14.8 Å². The first-order valence-electron chi connectivity index (χ1n) is 10.5. The number of nitrogens with one attached hydrogen (secondary N) is 1. The summed E-state index contributed by atoms with van der Waals surface area (Å²) in [5, 5.41) is 48.1. The van der Waals surface area contributed by atoms with Gasteiger partial charge in [0.2, 0.25) is 0 Å². The molecule has 178 valence electrons. The second-order valence-electron chi connectivity index (χ2n) is 7.59. The van der Waals surface area contributed by atoms with Crippen LogP contribution in [0.25, 0.3) is 6.08 Å². The van der Waals surface area contributed by atoms with Gasteiger partial charge in [-0.25, -0.2) is 13.1 Å². The molecule has 1 aromatic rings. The summed E-state index contributed by atoms with van der Waals surface area (Å²) < 4.78 is 32.2. The molecule has 0 bridgehead atoms. The van der Waals surface area contributed by atoms with Crippen molar-refractivity contribution in [3.63, 3.8) is 0 Å². The zero-order chi connectivity index (χ0) is 23.9. The van der Waals surface area contributed by atoms with Gasteiger partial charge in [0.05, 0.1) is 0 Å². The minimum Gasteiger partial charge on any atom is -0.388 e. The lowest BCUT2D eigenvalue weighted by Gasteiger charge is -2.38. The molecule has 1 aromatic carbocycles. The average molecular weight is 470 g/mol. The lowest BCUT2D eigenvalue weighted by Crippen LogP contribution is -2.59. The Hall–Kier alpha value is -2.04. The molecule has 11 heteroatoms. The summed E-state index contributed by atoms with van der Waals surface area (Å²) in [5.74, 6) is 0. The normalized spacial score (nSPS) is 26.5. The fourth-order valence-corrected chi connectivity index (χ4v) is 4.33. The molecule has 1 unspecified atom stereocenters. The number of benzene rings is 1. The third-order valence-corrected chi connectivity index (χ3v) is 6.44. The Morgan fingerprint density at radius 3 is 2.22 bits per heavy atom. The summed E-state index contributed by atoms with van der Waals surface area (Å²) in [4.78, 5) is 1.68. The summed E-state index contributed by atoms with van der Waals surface area (Å²) in [7, 11) is -4.26. The van der Waals surface area contributed by atoms with Crippen LogP contribution >= 0.6 is 0 Å². The van der Waals surface area contributed by atoms with E-state index in [9.17, 15) is 34.1 Å². The van der Waals surface area contributed by atoms with Crippen LogP contribution in [0.15, 0.2) is 29.2 Å². The molecule has 5 atom stereocenters. The van der Waals surface area contributed by atoms with E-state index < -0.39 is 52.2 Å². The molecule has 1 aliphatic rings. The van der Waals surface area contributed by atoms with Crippen molar-refractivity contribution in [2.75, 3.05) is 24.5 Å². The Balaban J connectivity index is 2.12. The van der Waals surface area contributed by atoms with E-state index in [1.165, 1.54) is 6.08 Å². The van der Waals surface area contributed by atoms with Crippen LogP contribution in [0.3, 0.4) is 0 Å². The summed E-state index contributed by atoms with van der Waals surface area (Å²) in [6.07, 6.45) is -4.95. The van der Waals surface area contributed by atoms with Crippen molar-refractivity contribution in [1.82, 2.24) is 4.72 Å². The lowest BCUT2D eigenvalue weighted by molar-refractivity contribution is -0.279. The van der Waals surface area contributed by atoms with Gasteiger partial charge in [0.1, 0.15) is 30.5 Å². The van der Waals surface area contributed by atoms with Crippen LogP contribution in [-0.4, -0.2) is 79.2 Å². The number of anilines is 1. The van der Waals surface area contributed by atoms with Gasteiger partial charge in [0.25, 0.3) is 10.0 Å². The maximum atomic E-state index is 12.6. The molecule has 1 aliphatic heterocycles. The van der Waals surface area contributed by atoms with Gasteiger partial charge < -0.3 is 30.1 Å². The Morgan fingerprint density at radius 1 is 1.09 bits per heavy atom. The predicted octanol–water partition coefficient (Wildman–Crippen LogP) is -0.103. The number of nitriles is 1. The minimum atomic E-state index is -4.26. The Morgan fingerprint density at radius 2 is 1.69 bits per heavy atom. The number of sulfonamides is 1. The van der Waals surface area contributed by atoms with Crippen molar-refractivity contribution in [3.05, 3.63) is 34.7 Å². The fraction of sp³-hybridized carbons (Fsp3) is 0.571. The number of hydrogen-bond acceptors (Lipinski definition) is 9. The van der Waals surface area contributed by atoms with E-state index >= 15 is 0 Å². The first-order valence-corrected chi connectivity index (χ1v) is 12.0. The topological polar surface area (TPSA) is 163 Å². The number of rotatable bonds is 10. The number of allylic oxidation sites excluding steroid dienone is 1. The summed E-state index contributed by atoms with van der Waals surface area (Å²) in [6.45, 7) is 5.47.